The first-order valence-electron chi connectivity index (χ1n) is 9.61. The Kier molecular flexibility index (Phi) is 5.82. The molecule has 2 aromatic carbocycles. The number of hydrogen-bond donors (Lipinski definition) is 1. The van der Waals surface area contributed by atoms with Gasteiger partial charge in [-0.15, -0.1) is 5.10 Å². The predicted octanol–water partition coefficient (Wildman–Crippen LogP) is 2.25. The zero-order valence-electron chi connectivity index (χ0n) is 16.6. The Bertz CT molecular complexity index is 990. The van der Waals surface area contributed by atoms with Crippen molar-refractivity contribution in [2.45, 2.75) is 6.67 Å². The summed E-state index contributed by atoms with van der Waals surface area (Å²) in [7, 11) is 3.33. The Balaban J connectivity index is 1.37. The number of piperazine rings is 1. The van der Waals surface area contributed by atoms with Gasteiger partial charge in [-0.3, -0.25) is 0 Å². The molecule has 0 saturated carbocycles. The minimum absolute atomic E-state index is 0.404. The molecule has 1 saturated heterocycles. The van der Waals surface area contributed by atoms with Crippen LogP contribution in [0.4, 0.5) is 5.69 Å². The van der Waals surface area contributed by atoms with Crippen LogP contribution in [0.1, 0.15) is 0 Å². The molecule has 0 aliphatic carbocycles. The van der Waals surface area contributed by atoms with Crippen LogP contribution in [0.2, 0.25) is 0 Å². The van der Waals surface area contributed by atoms with E-state index in [1.54, 1.807) is 18.9 Å². The van der Waals surface area contributed by atoms with Gasteiger partial charge >= 0.3 is 0 Å². The number of aromatic nitrogens is 2. The van der Waals surface area contributed by atoms with Crippen molar-refractivity contribution in [3.05, 3.63) is 53.4 Å². The summed E-state index contributed by atoms with van der Waals surface area (Å²) in [4.78, 5) is 4.23. The lowest BCUT2D eigenvalue weighted by atomic mass is 10.2. The van der Waals surface area contributed by atoms with Gasteiger partial charge in [0.25, 0.3) is 4.84 Å². The highest BCUT2D eigenvalue weighted by atomic mass is 32.1. The maximum atomic E-state index is 5.72. The summed E-state index contributed by atoms with van der Waals surface area (Å²) in [6, 6.07) is 15.8. The average molecular weight is 414 g/mol. The number of quaternary nitrogens is 1. The molecule has 0 atom stereocenters. The highest BCUT2D eigenvalue weighted by molar-refractivity contribution is 7.71. The van der Waals surface area contributed by atoms with Crippen molar-refractivity contribution in [2.75, 3.05) is 45.3 Å². The van der Waals surface area contributed by atoms with E-state index in [1.807, 2.05) is 36.4 Å². The molecule has 4 rings (SSSR count). The lowest BCUT2D eigenvalue weighted by molar-refractivity contribution is -0.924. The van der Waals surface area contributed by atoms with E-state index in [1.165, 1.54) is 10.6 Å². The minimum atomic E-state index is 0.404. The second-order valence-corrected chi connectivity index (χ2v) is 7.34. The Morgan fingerprint density at radius 2 is 1.55 bits per heavy atom. The molecule has 0 spiro atoms. The van der Waals surface area contributed by atoms with Crippen molar-refractivity contribution in [3.8, 4) is 23.0 Å². The van der Waals surface area contributed by atoms with E-state index in [9.17, 15) is 0 Å². The maximum absolute atomic E-state index is 5.72. The molecule has 7 nitrogen and oxygen atoms in total. The number of rotatable bonds is 6. The lowest BCUT2D eigenvalue weighted by Crippen LogP contribution is -3.14. The molecule has 0 amide bonds. The van der Waals surface area contributed by atoms with Crippen LogP contribution in [0, 0.1) is 4.84 Å². The monoisotopic (exact) mass is 413 g/mol. The van der Waals surface area contributed by atoms with Gasteiger partial charge in [-0.1, -0.05) is 0 Å². The number of nitrogens with zero attached hydrogens (tertiary/aromatic N) is 3. The molecule has 1 N–H and O–H groups in total. The van der Waals surface area contributed by atoms with Gasteiger partial charge in [0, 0.05) is 11.3 Å². The molecule has 29 heavy (non-hydrogen) atoms. The fraction of sp³-hybridized carbons (Fsp3) is 0.333. The second-order valence-electron chi connectivity index (χ2n) is 6.99. The molecular weight excluding hydrogens is 388 g/mol. The van der Waals surface area contributed by atoms with Crippen LogP contribution in [0.15, 0.2) is 52.9 Å². The van der Waals surface area contributed by atoms with Crippen LogP contribution in [0.25, 0.3) is 11.5 Å². The first kappa shape index (κ1) is 19.5. The smallest absolute Gasteiger partial charge is 0.292 e. The fourth-order valence-electron chi connectivity index (χ4n) is 3.50. The van der Waals surface area contributed by atoms with Gasteiger partial charge in [0.1, 0.15) is 11.5 Å². The average Bonchev–Trinajstić information content (AvgIpc) is 3.14. The van der Waals surface area contributed by atoms with E-state index in [0.717, 1.165) is 43.2 Å². The third kappa shape index (κ3) is 4.44. The zero-order chi connectivity index (χ0) is 20.2. The van der Waals surface area contributed by atoms with Gasteiger partial charge in [0.15, 0.2) is 6.67 Å². The van der Waals surface area contributed by atoms with E-state index >= 15 is 0 Å². The molecule has 1 fully saturated rings. The molecule has 1 aromatic heterocycles. The predicted molar refractivity (Wildman–Crippen MR) is 113 cm³/mol. The molecule has 1 aliphatic heterocycles. The van der Waals surface area contributed by atoms with E-state index < -0.39 is 0 Å². The summed E-state index contributed by atoms with van der Waals surface area (Å²) in [6.45, 7) is 4.70. The van der Waals surface area contributed by atoms with Gasteiger partial charge in [-0.25, -0.2) is 0 Å². The highest BCUT2D eigenvalue weighted by Gasteiger charge is 2.22. The fourth-order valence-corrected chi connectivity index (χ4v) is 3.68. The number of nitrogens with one attached hydrogen (secondary N) is 1. The van der Waals surface area contributed by atoms with Gasteiger partial charge in [-0.05, 0) is 60.7 Å². The molecule has 2 heterocycles. The van der Waals surface area contributed by atoms with Gasteiger partial charge in [0.05, 0.1) is 40.4 Å². The van der Waals surface area contributed by atoms with Crippen molar-refractivity contribution in [1.82, 2.24) is 9.78 Å². The van der Waals surface area contributed by atoms with Crippen molar-refractivity contribution < 1.29 is 18.8 Å². The normalized spacial score (nSPS) is 14.8. The molecule has 0 unspecified atom stereocenters. The molecule has 152 valence electrons. The standard InChI is InChI=1S/C21H24N4O3S/c1-26-18-7-3-16(4-8-18)20-22-25(21(29)28-20)15-23-11-13-24(14-12-23)17-5-9-19(27-2)10-6-17/h3-10H,11-15H2,1-2H3/p+1. The van der Waals surface area contributed by atoms with Crippen LogP contribution in [0.5, 0.6) is 11.5 Å². The van der Waals surface area contributed by atoms with Crippen LogP contribution in [0.3, 0.4) is 0 Å². The second kappa shape index (κ2) is 8.67. The molecular formula is C21H25N4O3S+. The summed E-state index contributed by atoms with van der Waals surface area (Å²) in [5.74, 6) is 2.21. The highest BCUT2D eigenvalue weighted by Crippen LogP contribution is 2.21. The third-order valence-electron chi connectivity index (χ3n) is 5.22. The quantitative estimate of drug-likeness (QED) is 0.626. The van der Waals surface area contributed by atoms with E-state index in [-0.39, 0.29) is 0 Å². The van der Waals surface area contributed by atoms with Gasteiger partial charge < -0.3 is 23.7 Å². The number of hydrogen-bond acceptors (Lipinski definition) is 6. The van der Waals surface area contributed by atoms with Crippen LogP contribution in [-0.4, -0.2) is 50.2 Å². The van der Waals surface area contributed by atoms with Crippen molar-refractivity contribution in [2.24, 2.45) is 0 Å². The number of methoxy groups -OCH3 is 2. The molecule has 1 aliphatic rings. The van der Waals surface area contributed by atoms with Gasteiger partial charge in [-0.2, -0.15) is 4.68 Å². The molecule has 0 radical (unpaired) electrons. The molecule has 3 aromatic rings. The minimum Gasteiger partial charge on any atom is -0.497 e. The summed E-state index contributed by atoms with van der Waals surface area (Å²) in [5, 5.41) is 4.58. The molecule has 8 heteroatoms. The summed E-state index contributed by atoms with van der Waals surface area (Å²) in [5.41, 5.74) is 2.11. The third-order valence-corrected chi connectivity index (χ3v) is 5.52. The van der Waals surface area contributed by atoms with Crippen molar-refractivity contribution >= 4 is 17.9 Å². The topological polar surface area (TPSA) is 57.1 Å². The van der Waals surface area contributed by atoms with Crippen molar-refractivity contribution in [3.63, 3.8) is 0 Å². The number of ether oxygens (including phenoxy) is 2. The maximum Gasteiger partial charge on any atom is 0.292 e. The number of anilines is 1. The Hall–Kier alpha value is -2.84. The first-order valence-corrected chi connectivity index (χ1v) is 10.0. The lowest BCUT2D eigenvalue weighted by Gasteiger charge is -2.33. The SMILES string of the molecule is COc1ccc(-c2nn(C[NH+]3CCN(c4ccc(OC)cc4)CC3)c(=S)o2)cc1. The van der Waals surface area contributed by atoms with Crippen LogP contribution in [-0.2, 0) is 6.67 Å². The van der Waals surface area contributed by atoms with E-state index in [2.05, 4.69) is 22.1 Å². The summed E-state index contributed by atoms with van der Waals surface area (Å²) in [6.07, 6.45) is 0. The van der Waals surface area contributed by atoms with Crippen LogP contribution < -0.4 is 19.3 Å². The Morgan fingerprint density at radius 1 is 0.966 bits per heavy atom. The Labute approximate surface area is 175 Å². The Morgan fingerprint density at radius 3 is 2.14 bits per heavy atom. The van der Waals surface area contributed by atoms with E-state index in [4.69, 9.17) is 26.1 Å². The molecule has 0 bridgehead atoms. The first-order chi connectivity index (χ1) is 14.2. The van der Waals surface area contributed by atoms with Crippen molar-refractivity contribution in [1.29, 1.82) is 0 Å². The van der Waals surface area contributed by atoms with Gasteiger partial charge in [0.2, 0.25) is 5.89 Å². The van der Waals surface area contributed by atoms with E-state index in [0.29, 0.717) is 17.4 Å². The van der Waals surface area contributed by atoms with Crippen LogP contribution >= 0.6 is 12.2 Å². The zero-order valence-corrected chi connectivity index (χ0v) is 17.4. The summed E-state index contributed by atoms with van der Waals surface area (Å²) < 4.78 is 17.9. The summed E-state index contributed by atoms with van der Waals surface area (Å²) >= 11 is 5.39. The largest absolute Gasteiger partial charge is 0.497 e. The number of benzene rings is 2.